The van der Waals surface area contributed by atoms with Crippen LogP contribution in [0.3, 0.4) is 0 Å². The normalized spacial score (nSPS) is 19.3. The van der Waals surface area contributed by atoms with Gasteiger partial charge in [0, 0.05) is 49.6 Å². The molecule has 8 heteroatoms. The van der Waals surface area contributed by atoms with E-state index in [1.165, 1.54) is 0 Å². The van der Waals surface area contributed by atoms with E-state index in [0.29, 0.717) is 13.1 Å². The lowest BCUT2D eigenvalue weighted by Gasteiger charge is -2.44. The van der Waals surface area contributed by atoms with Crippen molar-refractivity contribution in [1.82, 2.24) is 14.7 Å². The van der Waals surface area contributed by atoms with Crippen molar-refractivity contribution in [3.05, 3.63) is 64.9 Å². The Kier molecular flexibility index (Phi) is 7.99. The number of carbonyl (C=O) groups is 1. The molecule has 2 aromatic rings. The fourth-order valence-corrected chi connectivity index (χ4v) is 6.59. The Labute approximate surface area is 237 Å². The molecule has 0 aliphatic carbocycles. The second-order valence-corrected chi connectivity index (χ2v) is 10.6. The molecule has 0 bridgehead atoms. The third-order valence-electron chi connectivity index (χ3n) is 8.51. The number of likely N-dealkylation sites (N-methyl/N-ethyl adjacent to an activating group) is 1. The second kappa shape index (κ2) is 11.5. The zero-order valence-corrected chi connectivity index (χ0v) is 24.6. The average molecular weight is 548 g/mol. The number of allylic oxidation sites excluding steroid dienone is 3. The number of hydrogen-bond acceptors (Lipinski definition) is 6. The fraction of sp³-hybridized carbons (Fsp3) is 0.469. The van der Waals surface area contributed by atoms with Gasteiger partial charge in [0.15, 0.2) is 0 Å². The number of nitrogens with zero attached hydrogens (tertiary/aromatic N) is 3. The summed E-state index contributed by atoms with van der Waals surface area (Å²) in [7, 11) is 6.71. The highest BCUT2D eigenvalue weighted by molar-refractivity contribution is 5.88. The highest BCUT2D eigenvalue weighted by atomic mass is 16.5. The molecule has 0 N–H and O–H groups in total. The summed E-state index contributed by atoms with van der Waals surface area (Å²) in [5.41, 5.74) is 5.09. The van der Waals surface area contributed by atoms with Crippen LogP contribution in [-0.4, -0.2) is 74.3 Å². The average Bonchev–Trinajstić information content (AvgIpc) is 3.08. The van der Waals surface area contributed by atoms with E-state index in [0.717, 1.165) is 89.9 Å². The highest BCUT2D eigenvalue weighted by Crippen LogP contribution is 2.49. The Balaban J connectivity index is 1.49. The first kappa shape index (κ1) is 27.9. The maximum Gasteiger partial charge on any atom is 0.325 e. The lowest BCUT2D eigenvalue weighted by molar-refractivity contribution is 0.0890. The van der Waals surface area contributed by atoms with Crippen molar-refractivity contribution in [1.29, 1.82) is 0 Å². The maximum atomic E-state index is 14.0. The van der Waals surface area contributed by atoms with Crippen LogP contribution in [0.4, 0.5) is 4.79 Å². The van der Waals surface area contributed by atoms with Gasteiger partial charge in [-0.15, -0.1) is 0 Å². The minimum absolute atomic E-state index is 0.0743. The first-order valence-electron chi connectivity index (χ1n) is 14.1. The summed E-state index contributed by atoms with van der Waals surface area (Å²) in [5, 5.41) is 0. The molecule has 2 saturated heterocycles. The molecule has 3 aliphatic rings. The van der Waals surface area contributed by atoms with Crippen LogP contribution in [-0.2, 0) is 13.1 Å². The summed E-state index contributed by atoms with van der Waals surface area (Å²) >= 11 is 0. The molecule has 40 heavy (non-hydrogen) atoms. The summed E-state index contributed by atoms with van der Waals surface area (Å²) in [6, 6.07) is 10.1. The Morgan fingerprint density at radius 1 is 0.875 bits per heavy atom. The standard InChI is InChI=1S/C32H41N3O5/c1-7-9-23-17-29-32(10-12-33(13-11-32)20-22-14-25(37-3)18-26(15-22)38-4)35(8-2)31(36)34(29)21-24-16-27(39-5)19-28(40-6)30(23)24/h9,14-19H,7-8,10-13,20-21H2,1-6H3. The van der Waals surface area contributed by atoms with Crippen LogP contribution in [0, 0.1) is 0 Å². The molecule has 2 aromatic carbocycles. The molecular formula is C32H41N3O5. The van der Waals surface area contributed by atoms with Crippen molar-refractivity contribution in [2.24, 2.45) is 0 Å². The smallest absolute Gasteiger partial charge is 0.325 e. The number of ether oxygens (including phenoxy) is 4. The molecule has 2 amide bonds. The van der Waals surface area contributed by atoms with Gasteiger partial charge in [-0.2, -0.15) is 0 Å². The monoisotopic (exact) mass is 547 g/mol. The lowest BCUT2D eigenvalue weighted by atomic mass is 9.82. The van der Waals surface area contributed by atoms with Crippen LogP contribution in [0.1, 0.15) is 49.8 Å². The summed E-state index contributed by atoms with van der Waals surface area (Å²) in [4.78, 5) is 20.5. The Hall–Kier alpha value is -3.65. The van der Waals surface area contributed by atoms with E-state index in [-0.39, 0.29) is 11.6 Å². The minimum Gasteiger partial charge on any atom is -0.497 e. The zero-order chi connectivity index (χ0) is 28.4. The van der Waals surface area contributed by atoms with Crippen molar-refractivity contribution >= 4 is 11.6 Å². The molecule has 3 heterocycles. The fourth-order valence-electron chi connectivity index (χ4n) is 6.59. The van der Waals surface area contributed by atoms with Gasteiger partial charge >= 0.3 is 6.03 Å². The van der Waals surface area contributed by atoms with Crippen LogP contribution in [0.5, 0.6) is 23.0 Å². The summed E-state index contributed by atoms with van der Waals surface area (Å²) in [6.45, 7) is 7.95. The molecule has 1 spiro atoms. The van der Waals surface area contributed by atoms with Gasteiger partial charge in [-0.1, -0.05) is 13.0 Å². The summed E-state index contributed by atoms with van der Waals surface area (Å²) in [5.74, 6) is 3.08. The lowest BCUT2D eigenvalue weighted by Crippen LogP contribution is -2.53. The first-order valence-corrected chi connectivity index (χ1v) is 14.1. The molecule has 5 rings (SSSR count). The number of urea groups is 1. The molecule has 2 fully saturated rings. The van der Waals surface area contributed by atoms with Gasteiger partial charge in [0.1, 0.15) is 23.0 Å². The van der Waals surface area contributed by atoms with Gasteiger partial charge in [0.05, 0.1) is 40.5 Å². The van der Waals surface area contributed by atoms with Crippen LogP contribution < -0.4 is 18.9 Å². The highest BCUT2D eigenvalue weighted by Gasteiger charge is 2.54. The van der Waals surface area contributed by atoms with Gasteiger partial charge < -0.3 is 23.8 Å². The SMILES string of the molecule is CCC=C1C=C2N(Cc3cc(OC)cc(OC)c31)C(=O)N(CC)C21CCN(Cc2cc(OC)cc(OC)c2)CC1. The topological polar surface area (TPSA) is 63.7 Å². The molecule has 8 nitrogen and oxygen atoms in total. The number of methoxy groups -OCH3 is 4. The molecule has 3 aliphatic heterocycles. The van der Waals surface area contributed by atoms with Gasteiger partial charge in [-0.05, 0) is 67.2 Å². The van der Waals surface area contributed by atoms with Crippen molar-refractivity contribution < 1.29 is 23.7 Å². The van der Waals surface area contributed by atoms with Crippen molar-refractivity contribution in [3.8, 4) is 23.0 Å². The molecule has 214 valence electrons. The number of fused-ring (bicyclic) bond motifs is 3. The van der Waals surface area contributed by atoms with E-state index in [1.807, 2.05) is 23.1 Å². The van der Waals surface area contributed by atoms with E-state index in [9.17, 15) is 4.79 Å². The van der Waals surface area contributed by atoms with E-state index >= 15 is 0 Å². The minimum atomic E-state index is -0.347. The molecule has 0 atom stereocenters. The number of piperidine rings is 1. The molecule has 0 unspecified atom stereocenters. The largest absolute Gasteiger partial charge is 0.497 e. The first-order chi connectivity index (χ1) is 19.4. The molecule has 0 aromatic heterocycles. The van der Waals surface area contributed by atoms with Crippen molar-refractivity contribution in [3.63, 3.8) is 0 Å². The number of carbonyl (C=O) groups excluding carboxylic acids is 1. The number of rotatable bonds is 8. The summed E-state index contributed by atoms with van der Waals surface area (Å²) in [6.07, 6.45) is 7.10. The van der Waals surface area contributed by atoms with Gasteiger partial charge in [0.25, 0.3) is 0 Å². The van der Waals surface area contributed by atoms with Crippen LogP contribution in [0.25, 0.3) is 5.57 Å². The molecule has 0 saturated carbocycles. The Bertz CT molecular complexity index is 1300. The van der Waals surface area contributed by atoms with Crippen molar-refractivity contribution in [2.45, 2.75) is 51.7 Å². The number of benzene rings is 2. The predicted molar refractivity (Wildman–Crippen MR) is 156 cm³/mol. The molecular weight excluding hydrogens is 506 g/mol. The Morgan fingerprint density at radius 2 is 1.52 bits per heavy atom. The number of hydrogen-bond donors (Lipinski definition) is 0. The van der Waals surface area contributed by atoms with Crippen LogP contribution in [0.2, 0.25) is 0 Å². The zero-order valence-electron chi connectivity index (χ0n) is 24.6. The van der Waals surface area contributed by atoms with Crippen molar-refractivity contribution in [2.75, 3.05) is 48.1 Å². The predicted octanol–water partition coefficient (Wildman–Crippen LogP) is 5.70. The molecule has 0 radical (unpaired) electrons. The third kappa shape index (κ3) is 4.79. The quantitative estimate of drug-likeness (QED) is 0.422. The Morgan fingerprint density at radius 3 is 2.10 bits per heavy atom. The second-order valence-electron chi connectivity index (χ2n) is 10.6. The van der Waals surface area contributed by atoms with E-state index in [1.54, 1.807) is 28.4 Å². The third-order valence-corrected chi connectivity index (χ3v) is 8.51. The van der Waals surface area contributed by atoms with E-state index < -0.39 is 0 Å². The van der Waals surface area contributed by atoms with E-state index in [2.05, 4.69) is 47.9 Å². The van der Waals surface area contributed by atoms with Crippen LogP contribution in [0.15, 0.2) is 48.2 Å². The summed E-state index contributed by atoms with van der Waals surface area (Å²) < 4.78 is 22.4. The number of amides is 2. The van der Waals surface area contributed by atoms with Gasteiger partial charge in [-0.25, -0.2) is 4.79 Å². The van der Waals surface area contributed by atoms with E-state index in [4.69, 9.17) is 18.9 Å². The maximum absolute atomic E-state index is 14.0. The number of likely N-dealkylation sites (tertiary alicyclic amines) is 1. The van der Waals surface area contributed by atoms with Gasteiger partial charge in [-0.3, -0.25) is 9.80 Å². The van der Waals surface area contributed by atoms with Gasteiger partial charge in [0.2, 0.25) is 0 Å². The van der Waals surface area contributed by atoms with Crippen LogP contribution >= 0.6 is 0 Å².